The molecule has 0 bridgehead atoms. The van der Waals surface area contributed by atoms with Crippen LogP contribution in [-0.4, -0.2) is 138 Å². The molecular weight excluding hydrogens is 498 g/mol. The molecular formula is C18H26Na4O8P2. The van der Waals surface area contributed by atoms with Crippen LogP contribution < -0.4 is 9.05 Å². The van der Waals surface area contributed by atoms with Crippen molar-refractivity contribution in [1.29, 1.82) is 0 Å². The van der Waals surface area contributed by atoms with E-state index in [1.807, 2.05) is 13.8 Å². The fourth-order valence-electron chi connectivity index (χ4n) is 2.89. The number of benzene rings is 2. The number of hydrogen-bond acceptors (Lipinski definition) is 4. The van der Waals surface area contributed by atoms with Crippen molar-refractivity contribution >= 4 is 145 Å². The average Bonchev–Trinajstić information content (AvgIpc) is 2.59. The summed E-state index contributed by atoms with van der Waals surface area (Å²) in [4.78, 5) is 35.5. The summed E-state index contributed by atoms with van der Waals surface area (Å²) in [5.41, 5.74) is 3.84. The summed E-state index contributed by atoms with van der Waals surface area (Å²) in [5.74, 6) is 0.147. The van der Waals surface area contributed by atoms with Gasteiger partial charge in [0.25, 0.3) is 0 Å². The molecule has 0 aliphatic carbocycles. The van der Waals surface area contributed by atoms with Crippen LogP contribution in [0.15, 0.2) is 48.5 Å². The molecule has 0 heterocycles. The summed E-state index contributed by atoms with van der Waals surface area (Å²) in [6.07, 6.45) is 1.42. The second-order valence-corrected chi connectivity index (χ2v) is 8.20. The van der Waals surface area contributed by atoms with Crippen molar-refractivity contribution in [3.8, 4) is 11.5 Å². The fourth-order valence-corrected chi connectivity index (χ4v) is 3.68. The molecule has 160 valence electrons. The Morgan fingerprint density at radius 3 is 1.06 bits per heavy atom. The molecule has 0 aliphatic heterocycles. The molecule has 0 amide bonds. The summed E-state index contributed by atoms with van der Waals surface area (Å²) < 4.78 is 31.0. The van der Waals surface area contributed by atoms with Crippen LogP contribution in [-0.2, 0) is 9.13 Å². The van der Waals surface area contributed by atoms with Gasteiger partial charge in [-0.1, -0.05) is 38.1 Å². The van der Waals surface area contributed by atoms with E-state index in [0.29, 0.717) is 12.8 Å². The zero-order valence-corrected chi connectivity index (χ0v) is 17.1. The van der Waals surface area contributed by atoms with Crippen molar-refractivity contribution in [2.24, 2.45) is 0 Å². The maximum atomic E-state index is 10.9. The van der Waals surface area contributed by atoms with Gasteiger partial charge in [0.05, 0.1) is 0 Å². The third-order valence-electron chi connectivity index (χ3n) is 3.93. The molecule has 4 N–H and O–H groups in total. The Kier molecular flexibility index (Phi) is 21.1. The van der Waals surface area contributed by atoms with E-state index in [2.05, 4.69) is 9.05 Å². The van der Waals surface area contributed by atoms with Gasteiger partial charge in [0.15, 0.2) is 0 Å². The molecule has 0 aliphatic rings. The summed E-state index contributed by atoms with van der Waals surface area (Å²) in [5, 5.41) is 0. The summed E-state index contributed by atoms with van der Waals surface area (Å²) in [6, 6.07) is 12.9. The van der Waals surface area contributed by atoms with Gasteiger partial charge >= 0.3 is 134 Å². The van der Waals surface area contributed by atoms with Crippen LogP contribution in [0.2, 0.25) is 0 Å². The van der Waals surface area contributed by atoms with Gasteiger partial charge in [-0.2, -0.15) is 0 Å². The molecule has 0 radical (unpaired) electrons. The second-order valence-electron chi connectivity index (χ2n) is 5.88. The van der Waals surface area contributed by atoms with Crippen LogP contribution in [0, 0.1) is 0 Å². The van der Waals surface area contributed by atoms with E-state index >= 15 is 0 Å². The van der Waals surface area contributed by atoms with Crippen LogP contribution in [0.4, 0.5) is 0 Å². The Morgan fingerprint density at radius 2 is 0.875 bits per heavy atom. The molecule has 0 fully saturated rings. The van der Waals surface area contributed by atoms with E-state index in [1.165, 1.54) is 24.3 Å². The minimum atomic E-state index is -4.61. The number of hydrogen-bond donors (Lipinski definition) is 4. The predicted molar refractivity (Wildman–Crippen MR) is 134 cm³/mol. The Morgan fingerprint density at radius 1 is 0.625 bits per heavy atom. The molecule has 0 saturated heterocycles. The van der Waals surface area contributed by atoms with E-state index in [1.54, 1.807) is 24.3 Å². The fraction of sp³-hybridized carbons (Fsp3) is 0.222. The van der Waals surface area contributed by atoms with Crippen molar-refractivity contribution in [2.45, 2.75) is 26.7 Å². The summed E-state index contributed by atoms with van der Waals surface area (Å²) in [7, 11) is -9.21. The molecule has 2 aromatic carbocycles. The van der Waals surface area contributed by atoms with Gasteiger partial charge in [-0.25, -0.2) is 9.13 Å². The molecule has 32 heavy (non-hydrogen) atoms. The van der Waals surface area contributed by atoms with Crippen LogP contribution in [0.3, 0.4) is 0 Å². The molecule has 0 unspecified atom stereocenters. The number of phosphoric acid groups is 2. The van der Waals surface area contributed by atoms with Crippen LogP contribution in [0.25, 0.3) is 11.1 Å². The quantitative estimate of drug-likeness (QED) is 0.233. The molecule has 0 aromatic heterocycles. The SMILES string of the molecule is CC/C(=C(/CC)c1ccc(OP(=O)(O)O)cc1)c1ccc(OP(=O)(O)O)cc1.[NaH].[NaH].[NaH].[NaH]. The predicted octanol–water partition coefficient (Wildman–Crippen LogP) is 1.77. The Hall–Kier alpha value is 2.08. The Bertz CT molecular complexity index is 863. The molecule has 0 saturated carbocycles. The van der Waals surface area contributed by atoms with Crippen LogP contribution in [0.5, 0.6) is 11.5 Å². The summed E-state index contributed by atoms with van der Waals surface area (Å²) in [6.45, 7) is 3.99. The molecule has 14 heteroatoms. The maximum absolute atomic E-state index is 10.9. The van der Waals surface area contributed by atoms with E-state index < -0.39 is 15.6 Å². The number of allylic oxidation sites excluding steroid dienone is 2. The molecule has 0 atom stereocenters. The number of rotatable bonds is 8. The number of phosphoric ester groups is 2. The first kappa shape index (κ1) is 38.6. The van der Waals surface area contributed by atoms with Crippen molar-refractivity contribution in [2.75, 3.05) is 0 Å². The topological polar surface area (TPSA) is 134 Å². The van der Waals surface area contributed by atoms with Gasteiger partial charge in [0, 0.05) is 0 Å². The second kappa shape index (κ2) is 17.5. The van der Waals surface area contributed by atoms with Crippen molar-refractivity contribution in [1.82, 2.24) is 0 Å². The van der Waals surface area contributed by atoms with Gasteiger partial charge in [-0.05, 0) is 59.4 Å². The van der Waals surface area contributed by atoms with E-state index in [0.717, 1.165) is 22.3 Å². The van der Waals surface area contributed by atoms with E-state index in [9.17, 15) is 9.13 Å². The third kappa shape index (κ3) is 13.4. The summed E-state index contributed by atoms with van der Waals surface area (Å²) >= 11 is 0. The minimum absolute atomic E-state index is 0. The molecule has 2 aromatic rings. The van der Waals surface area contributed by atoms with Crippen molar-refractivity contribution in [3.05, 3.63) is 59.7 Å². The van der Waals surface area contributed by atoms with E-state index in [4.69, 9.17) is 19.6 Å². The first-order valence-corrected chi connectivity index (χ1v) is 11.5. The standard InChI is InChI=1S/C18H22O8P2.4Na.4H/c1-3-17(13-5-9-15(10-6-13)25-27(19,20)21)18(4-2)14-7-11-16(12-8-14)26-28(22,23)24;;;;;;;;/h5-12H,3-4H2,1-2H3,(H2,19,20,21)(H2,22,23,24);;;;;;;;/b18-17+;;;;;;;;. The van der Waals surface area contributed by atoms with Crippen molar-refractivity contribution < 1.29 is 37.8 Å². The van der Waals surface area contributed by atoms with Gasteiger partial charge in [-0.15, -0.1) is 0 Å². The molecule has 2 rings (SSSR count). The average molecular weight is 524 g/mol. The van der Waals surface area contributed by atoms with Gasteiger partial charge in [-0.3, -0.25) is 19.6 Å². The molecule has 8 nitrogen and oxygen atoms in total. The van der Waals surface area contributed by atoms with Gasteiger partial charge < -0.3 is 9.05 Å². The third-order valence-corrected chi connectivity index (χ3v) is 4.82. The Labute approximate surface area is 276 Å². The molecule has 0 spiro atoms. The normalized spacial score (nSPS) is 11.4. The first-order chi connectivity index (χ1) is 13.0. The first-order valence-electron chi connectivity index (χ1n) is 8.45. The monoisotopic (exact) mass is 524 g/mol. The van der Waals surface area contributed by atoms with Gasteiger partial charge in [0.2, 0.25) is 0 Å². The van der Waals surface area contributed by atoms with Crippen LogP contribution in [0.1, 0.15) is 37.8 Å². The Balaban J connectivity index is -0.00000210. The van der Waals surface area contributed by atoms with Crippen molar-refractivity contribution in [3.63, 3.8) is 0 Å². The zero-order valence-electron chi connectivity index (χ0n) is 15.3. The van der Waals surface area contributed by atoms with Crippen LogP contribution >= 0.6 is 15.6 Å². The zero-order chi connectivity index (χ0) is 20.9. The van der Waals surface area contributed by atoms with E-state index in [-0.39, 0.29) is 130 Å². The van der Waals surface area contributed by atoms with Gasteiger partial charge in [0.1, 0.15) is 11.5 Å².